The summed E-state index contributed by atoms with van der Waals surface area (Å²) in [4.78, 5) is 13.5. The predicted octanol–water partition coefficient (Wildman–Crippen LogP) is 4.04. The Hall–Kier alpha value is -2.19. The monoisotopic (exact) mass is 390 g/mol. The third-order valence-corrected chi connectivity index (χ3v) is 5.96. The van der Waals surface area contributed by atoms with Crippen LogP contribution < -0.4 is 5.32 Å². The van der Waals surface area contributed by atoms with Crippen molar-refractivity contribution in [2.75, 3.05) is 0 Å². The Morgan fingerprint density at radius 2 is 1.96 bits per heavy atom. The van der Waals surface area contributed by atoms with Crippen LogP contribution in [0.1, 0.15) is 25.5 Å². The van der Waals surface area contributed by atoms with E-state index in [1.165, 1.54) is 23.9 Å². The van der Waals surface area contributed by atoms with Gasteiger partial charge in [0.2, 0.25) is 5.91 Å². The highest BCUT2D eigenvalue weighted by Crippen LogP contribution is 2.28. The number of carbonyl (C=O) groups is 1. The van der Waals surface area contributed by atoms with Gasteiger partial charge in [-0.2, -0.15) is 0 Å². The topological polar surface area (TPSA) is 59.8 Å². The van der Waals surface area contributed by atoms with Crippen LogP contribution in [0.3, 0.4) is 0 Å². The van der Waals surface area contributed by atoms with Crippen LogP contribution in [0, 0.1) is 5.82 Å². The summed E-state index contributed by atoms with van der Waals surface area (Å²) in [5.74, 6) is 0.391. The molecule has 3 rings (SSSR count). The Kier molecular flexibility index (Phi) is 5.73. The first-order valence-corrected chi connectivity index (χ1v) is 9.87. The minimum Gasteiger partial charge on any atom is -0.349 e. The fourth-order valence-corrected chi connectivity index (χ4v) is 3.98. The van der Waals surface area contributed by atoms with Gasteiger partial charge < -0.3 is 9.88 Å². The molecule has 26 heavy (non-hydrogen) atoms. The molecule has 0 aliphatic carbocycles. The number of hydrogen-bond acceptors (Lipinski definition) is 5. The Balaban J connectivity index is 1.63. The Morgan fingerprint density at radius 3 is 2.62 bits per heavy atom. The molecule has 1 N–H and O–H groups in total. The van der Waals surface area contributed by atoms with Crippen LogP contribution in [0.25, 0.3) is 10.7 Å². The van der Waals surface area contributed by atoms with Crippen LogP contribution in [0.2, 0.25) is 0 Å². The molecule has 0 radical (unpaired) electrons. The van der Waals surface area contributed by atoms with Gasteiger partial charge in [0.25, 0.3) is 0 Å². The molecule has 0 aliphatic heterocycles. The molecule has 3 aromatic rings. The maximum absolute atomic E-state index is 13.0. The molecule has 0 fully saturated rings. The lowest BCUT2D eigenvalue weighted by molar-refractivity contribution is -0.120. The van der Waals surface area contributed by atoms with E-state index < -0.39 is 0 Å². The molecule has 1 amide bonds. The molecule has 2 aromatic heterocycles. The zero-order valence-electron chi connectivity index (χ0n) is 14.6. The van der Waals surface area contributed by atoms with Crippen molar-refractivity contribution in [2.45, 2.75) is 30.3 Å². The van der Waals surface area contributed by atoms with Crippen LogP contribution >= 0.6 is 23.1 Å². The van der Waals surface area contributed by atoms with E-state index in [2.05, 4.69) is 15.5 Å². The van der Waals surface area contributed by atoms with Crippen molar-refractivity contribution in [2.24, 2.45) is 7.05 Å². The van der Waals surface area contributed by atoms with E-state index in [0.29, 0.717) is 5.16 Å². The van der Waals surface area contributed by atoms with E-state index in [1.807, 2.05) is 43.0 Å². The largest absolute Gasteiger partial charge is 0.349 e. The van der Waals surface area contributed by atoms with E-state index in [9.17, 15) is 9.18 Å². The van der Waals surface area contributed by atoms with Crippen molar-refractivity contribution >= 4 is 29.0 Å². The van der Waals surface area contributed by atoms with Crippen molar-refractivity contribution in [1.29, 1.82) is 0 Å². The van der Waals surface area contributed by atoms with Gasteiger partial charge in [-0.3, -0.25) is 4.79 Å². The van der Waals surface area contributed by atoms with Gasteiger partial charge in [0, 0.05) is 7.05 Å². The van der Waals surface area contributed by atoms with Gasteiger partial charge in [-0.15, -0.1) is 21.5 Å². The number of benzene rings is 1. The lowest BCUT2D eigenvalue weighted by Crippen LogP contribution is -2.33. The fourth-order valence-electron chi connectivity index (χ4n) is 2.42. The number of thioether (sulfide) groups is 1. The maximum Gasteiger partial charge on any atom is 0.233 e. The first-order valence-electron chi connectivity index (χ1n) is 8.11. The number of nitrogens with zero attached hydrogens (tertiary/aromatic N) is 3. The molecule has 1 aromatic carbocycles. The van der Waals surface area contributed by atoms with Crippen molar-refractivity contribution < 1.29 is 9.18 Å². The summed E-state index contributed by atoms with van der Waals surface area (Å²) >= 11 is 2.96. The predicted molar refractivity (Wildman–Crippen MR) is 103 cm³/mol. The number of hydrogen-bond donors (Lipinski definition) is 1. The smallest absolute Gasteiger partial charge is 0.233 e. The third-order valence-electron chi connectivity index (χ3n) is 3.96. The lowest BCUT2D eigenvalue weighted by Gasteiger charge is -2.17. The number of carbonyl (C=O) groups excluding carboxylic acids is 1. The Morgan fingerprint density at radius 1 is 1.23 bits per heavy atom. The van der Waals surface area contributed by atoms with Crippen molar-refractivity contribution in [1.82, 2.24) is 20.1 Å². The van der Waals surface area contributed by atoms with E-state index in [1.54, 1.807) is 23.5 Å². The minimum absolute atomic E-state index is 0.104. The second-order valence-corrected chi connectivity index (χ2v) is 8.14. The molecule has 2 heterocycles. The summed E-state index contributed by atoms with van der Waals surface area (Å²) in [6.07, 6.45) is 0. The van der Waals surface area contributed by atoms with Crippen molar-refractivity contribution in [3.8, 4) is 10.7 Å². The molecule has 2 unspecified atom stereocenters. The Labute approximate surface area is 159 Å². The number of halogens is 1. The second kappa shape index (κ2) is 8.01. The summed E-state index contributed by atoms with van der Waals surface area (Å²) in [5.41, 5.74) is 0.857. The minimum atomic E-state index is -0.336. The molecule has 5 nitrogen and oxygen atoms in total. The van der Waals surface area contributed by atoms with Crippen LogP contribution in [0.15, 0.2) is 46.9 Å². The first kappa shape index (κ1) is 18.6. The van der Waals surface area contributed by atoms with Gasteiger partial charge in [-0.25, -0.2) is 4.39 Å². The first-order chi connectivity index (χ1) is 12.5. The maximum atomic E-state index is 13.0. The molecule has 0 spiro atoms. The average Bonchev–Trinajstić information content (AvgIpc) is 3.26. The fraction of sp³-hybridized carbons (Fsp3) is 0.278. The zero-order valence-corrected chi connectivity index (χ0v) is 16.3. The normalized spacial score (nSPS) is 13.4. The quantitative estimate of drug-likeness (QED) is 0.646. The molecule has 0 bridgehead atoms. The highest BCUT2D eigenvalue weighted by atomic mass is 32.2. The van der Waals surface area contributed by atoms with Crippen LogP contribution in [-0.4, -0.2) is 25.9 Å². The van der Waals surface area contributed by atoms with E-state index in [-0.39, 0.29) is 23.0 Å². The number of thiophene rings is 1. The van der Waals surface area contributed by atoms with Gasteiger partial charge >= 0.3 is 0 Å². The molecule has 0 aliphatic rings. The summed E-state index contributed by atoms with van der Waals surface area (Å²) in [7, 11) is 1.89. The number of amides is 1. The van der Waals surface area contributed by atoms with Crippen LogP contribution in [0.4, 0.5) is 4.39 Å². The summed E-state index contributed by atoms with van der Waals surface area (Å²) in [6, 6.07) is 9.89. The molecule has 136 valence electrons. The lowest BCUT2D eigenvalue weighted by atomic mass is 10.1. The number of rotatable bonds is 6. The molecular weight excluding hydrogens is 371 g/mol. The highest BCUT2D eigenvalue weighted by Gasteiger charge is 2.21. The van der Waals surface area contributed by atoms with Gasteiger partial charge in [0.05, 0.1) is 16.2 Å². The van der Waals surface area contributed by atoms with Crippen molar-refractivity contribution in [3.05, 3.63) is 53.2 Å². The van der Waals surface area contributed by atoms with E-state index >= 15 is 0 Å². The van der Waals surface area contributed by atoms with E-state index in [0.717, 1.165) is 16.3 Å². The molecule has 0 saturated heterocycles. The standard InChI is InChI=1S/C18H19FN4OS2/c1-11(13-6-8-14(19)9-7-13)20-17(24)12(2)26-18-22-21-16(23(18)3)15-5-4-10-25-15/h4-12H,1-3H3,(H,20,24). The van der Waals surface area contributed by atoms with Gasteiger partial charge in [0.15, 0.2) is 11.0 Å². The summed E-state index contributed by atoms with van der Waals surface area (Å²) in [6.45, 7) is 3.70. The zero-order chi connectivity index (χ0) is 18.7. The number of nitrogens with one attached hydrogen (secondary N) is 1. The van der Waals surface area contributed by atoms with Gasteiger partial charge in [-0.1, -0.05) is 30.0 Å². The molecular formula is C18H19FN4OS2. The SMILES string of the molecule is CC(Sc1nnc(-c2cccs2)n1C)C(=O)NC(C)c1ccc(F)cc1. The Bertz CT molecular complexity index is 877. The van der Waals surface area contributed by atoms with Gasteiger partial charge in [-0.05, 0) is 43.0 Å². The third kappa shape index (κ3) is 4.13. The van der Waals surface area contributed by atoms with Crippen molar-refractivity contribution in [3.63, 3.8) is 0 Å². The van der Waals surface area contributed by atoms with Crippen LogP contribution in [-0.2, 0) is 11.8 Å². The summed E-state index contributed by atoms with van der Waals surface area (Å²) in [5, 5.41) is 13.7. The highest BCUT2D eigenvalue weighted by molar-refractivity contribution is 8.00. The number of aromatic nitrogens is 3. The second-order valence-electron chi connectivity index (χ2n) is 5.88. The molecule has 2 atom stereocenters. The summed E-state index contributed by atoms with van der Waals surface area (Å²) < 4.78 is 14.9. The average molecular weight is 391 g/mol. The molecule has 0 saturated carbocycles. The van der Waals surface area contributed by atoms with E-state index in [4.69, 9.17) is 0 Å². The van der Waals surface area contributed by atoms with Gasteiger partial charge in [0.1, 0.15) is 5.82 Å². The molecule has 8 heteroatoms. The van der Waals surface area contributed by atoms with Crippen LogP contribution in [0.5, 0.6) is 0 Å².